The van der Waals surface area contributed by atoms with Crippen molar-refractivity contribution in [3.63, 3.8) is 0 Å². The van der Waals surface area contributed by atoms with Crippen molar-refractivity contribution in [1.82, 2.24) is 0 Å². The lowest BCUT2D eigenvalue weighted by molar-refractivity contribution is 0.421. The molecule has 6 aromatic rings. The Bertz CT molecular complexity index is 2550. The molecular formula is C38H30N2O6S2. The van der Waals surface area contributed by atoms with Gasteiger partial charge in [-0.15, -0.1) is 0 Å². The van der Waals surface area contributed by atoms with E-state index in [2.05, 4.69) is 21.6 Å². The van der Waals surface area contributed by atoms with Crippen molar-refractivity contribution in [2.24, 2.45) is 0 Å². The number of sulfonamides is 2. The number of allylic oxidation sites excluding steroid dienone is 2. The smallest absolute Gasteiger partial charge is 0.262 e. The van der Waals surface area contributed by atoms with Gasteiger partial charge in [-0.25, -0.2) is 16.8 Å². The molecule has 240 valence electrons. The number of nitrogens with one attached hydrogen (secondary N) is 2. The first-order valence-corrected chi connectivity index (χ1v) is 18.3. The number of anilines is 2. The van der Waals surface area contributed by atoms with Crippen LogP contribution in [0.2, 0.25) is 0 Å². The fraction of sp³-hybridized carbons (Fsp3) is 0.105. The van der Waals surface area contributed by atoms with Gasteiger partial charge in [-0.1, -0.05) is 72.8 Å². The van der Waals surface area contributed by atoms with E-state index in [1.807, 2.05) is 36.4 Å². The molecule has 2 aliphatic rings. The van der Waals surface area contributed by atoms with Crippen molar-refractivity contribution in [3.05, 3.63) is 131 Å². The van der Waals surface area contributed by atoms with Crippen LogP contribution >= 0.6 is 0 Å². The highest BCUT2D eigenvalue weighted by Crippen LogP contribution is 2.52. The standard InChI is InChI=1S/C38H30N2O6S2/c1-45-37-29-18-10-16-27-30(20-24(36(27)29)21-33(37)39-47(41,42)25-12-5-3-6-13-25)31-19-23-11-9-17-28-35(23)32(31)22-34(38(28)46-2)40-48(43,44)26-14-7-4-8-15-26/h3-18,21-22,39-40H,19-20H2,1-2H3/b31-30-. The van der Waals surface area contributed by atoms with Crippen LogP contribution in [0.5, 0.6) is 11.5 Å². The quantitative estimate of drug-likeness (QED) is 0.172. The van der Waals surface area contributed by atoms with Crippen LogP contribution in [0.1, 0.15) is 22.3 Å². The average molecular weight is 675 g/mol. The van der Waals surface area contributed by atoms with E-state index in [0.717, 1.165) is 54.9 Å². The molecule has 10 heteroatoms. The van der Waals surface area contributed by atoms with Crippen LogP contribution in [0.4, 0.5) is 11.4 Å². The third kappa shape index (κ3) is 4.70. The summed E-state index contributed by atoms with van der Waals surface area (Å²) in [5, 5.41) is 3.66. The first-order valence-electron chi connectivity index (χ1n) is 15.3. The summed E-state index contributed by atoms with van der Waals surface area (Å²) in [4.78, 5) is 0.313. The lowest BCUT2D eigenvalue weighted by Gasteiger charge is -2.17. The summed E-state index contributed by atoms with van der Waals surface area (Å²) in [6, 6.07) is 32.2. The van der Waals surface area contributed by atoms with Gasteiger partial charge in [0.25, 0.3) is 20.0 Å². The molecule has 0 fully saturated rings. The maximum atomic E-state index is 13.5. The lowest BCUT2D eigenvalue weighted by atomic mass is 9.95. The van der Waals surface area contributed by atoms with Crippen LogP contribution in [-0.2, 0) is 32.9 Å². The molecule has 0 bridgehead atoms. The van der Waals surface area contributed by atoms with Crippen LogP contribution in [0.25, 0.3) is 32.7 Å². The SMILES string of the molecule is COc1c(NS(=O)(=O)c2ccccc2)cc2c3c(cccc13)/C(=C1/Cc3cccc4c(OC)c(NS(=O)(=O)c5ccccc5)cc1c34)C2. The van der Waals surface area contributed by atoms with Crippen LogP contribution in [0, 0.1) is 0 Å². The third-order valence-electron chi connectivity index (χ3n) is 9.14. The van der Waals surface area contributed by atoms with Gasteiger partial charge in [-0.3, -0.25) is 9.44 Å². The first kappa shape index (κ1) is 30.0. The minimum absolute atomic E-state index is 0.154. The maximum absolute atomic E-state index is 13.5. The van der Waals surface area contributed by atoms with Gasteiger partial charge in [0.15, 0.2) is 11.5 Å². The van der Waals surface area contributed by atoms with Crippen molar-refractivity contribution in [2.45, 2.75) is 22.6 Å². The zero-order valence-corrected chi connectivity index (χ0v) is 27.7. The predicted octanol–water partition coefficient (Wildman–Crippen LogP) is 7.63. The Labute approximate surface area is 278 Å². The summed E-state index contributed by atoms with van der Waals surface area (Å²) in [5.74, 6) is 0.902. The Kier molecular flexibility index (Phi) is 6.97. The highest BCUT2D eigenvalue weighted by molar-refractivity contribution is 7.93. The molecule has 0 saturated carbocycles. The molecule has 8 rings (SSSR count). The van der Waals surface area contributed by atoms with Gasteiger partial charge in [-0.2, -0.15) is 0 Å². The molecule has 6 aromatic carbocycles. The van der Waals surface area contributed by atoms with E-state index in [-0.39, 0.29) is 9.79 Å². The molecule has 0 unspecified atom stereocenters. The van der Waals surface area contributed by atoms with Gasteiger partial charge in [0, 0.05) is 10.8 Å². The molecule has 2 aliphatic carbocycles. The second-order valence-corrected chi connectivity index (χ2v) is 15.2. The van der Waals surface area contributed by atoms with Gasteiger partial charge in [-0.05, 0) is 93.4 Å². The Morgan fingerprint density at radius 2 is 1.00 bits per heavy atom. The van der Waals surface area contributed by atoms with Gasteiger partial charge in [0.1, 0.15) is 0 Å². The summed E-state index contributed by atoms with van der Waals surface area (Å²) in [6.45, 7) is 0. The molecule has 0 saturated heterocycles. The predicted molar refractivity (Wildman–Crippen MR) is 190 cm³/mol. The Hall–Kier alpha value is -5.32. The number of methoxy groups -OCH3 is 2. The van der Waals surface area contributed by atoms with Crippen molar-refractivity contribution in [1.29, 1.82) is 0 Å². The van der Waals surface area contributed by atoms with E-state index in [4.69, 9.17) is 9.47 Å². The minimum Gasteiger partial charge on any atom is -0.494 e. The fourth-order valence-corrected chi connectivity index (χ4v) is 9.31. The van der Waals surface area contributed by atoms with Crippen LogP contribution in [0.3, 0.4) is 0 Å². The summed E-state index contributed by atoms with van der Waals surface area (Å²) in [7, 11) is -4.68. The Morgan fingerprint density at radius 1 is 0.521 bits per heavy atom. The summed E-state index contributed by atoms with van der Waals surface area (Å²) < 4.78 is 70.9. The molecule has 0 radical (unpaired) electrons. The minimum atomic E-state index is -3.90. The molecule has 0 spiro atoms. The molecule has 0 aliphatic heterocycles. The normalized spacial score (nSPS) is 15.2. The van der Waals surface area contributed by atoms with Gasteiger partial charge in [0.2, 0.25) is 0 Å². The zero-order valence-electron chi connectivity index (χ0n) is 26.1. The van der Waals surface area contributed by atoms with E-state index in [9.17, 15) is 16.8 Å². The number of hydrogen-bond acceptors (Lipinski definition) is 6. The Morgan fingerprint density at radius 3 is 1.56 bits per heavy atom. The maximum Gasteiger partial charge on any atom is 0.262 e. The van der Waals surface area contributed by atoms with E-state index in [1.165, 1.54) is 0 Å². The summed E-state index contributed by atoms with van der Waals surface area (Å²) >= 11 is 0. The van der Waals surface area contributed by atoms with Gasteiger partial charge in [0.05, 0.1) is 35.4 Å². The Balaban J connectivity index is 1.29. The largest absolute Gasteiger partial charge is 0.494 e. The summed E-state index contributed by atoms with van der Waals surface area (Å²) in [6.07, 6.45) is 1.21. The van der Waals surface area contributed by atoms with E-state index in [1.54, 1.807) is 74.9 Å². The van der Waals surface area contributed by atoms with Crippen molar-refractivity contribution in [2.75, 3.05) is 23.7 Å². The third-order valence-corrected chi connectivity index (χ3v) is 11.9. The molecule has 0 amide bonds. The topological polar surface area (TPSA) is 111 Å². The van der Waals surface area contributed by atoms with Gasteiger partial charge < -0.3 is 9.47 Å². The highest BCUT2D eigenvalue weighted by atomic mass is 32.2. The molecule has 0 heterocycles. The fourth-order valence-electron chi connectivity index (χ4n) is 7.16. The zero-order chi connectivity index (χ0) is 33.2. The second-order valence-electron chi connectivity index (χ2n) is 11.8. The molecule has 8 nitrogen and oxygen atoms in total. The van der Waals surface area contributed by atoms with E-state index >= 15 is 0 Å². The number of benzene rings is 6. The van der Waals surface area contributed by atoms with Crippen molar-refractivity contribution >= 4 is 64.1 Å². The summed E-state index contributed by atoms with van der Waals surface area (Å²) in [5.41, 5.74) is 6.97. The highest BCUT2D eigenvalue weighted by Gasteiger charge is 2.32. The van der Waals surface area contributed by atoms with Crippen molar-refractivity contribution < 1.29 is 26.3 Å². The van der Waals surface area contributed by atoms with Crippen molar-refractivity contribution in [3.8, 4) is 11.5 Å². The monoisotopic (exact) mass is 674 g/mol. The average Bonchev–Trinajstić information content (AvgIpc) is 3.65. The molecule has 0 atom stereocenters. The second kappa shape index (κ2) is 11.1. The molecule has 48 heavy (non-hydrogen) atoms. The number of hydrogen-bond donors (Lipinski definition) is 2. The van der Waals surface area contributed by atoms with E-state index < -0.39 is 20.0 Å². The van der Waals surface area contributed by atoms with Crippen LogP contribution in [0.15, 0.2) is 119 Å². The number of ether oxygens (including phenoxy) is 2. The van der Waals surface area contributed by atoms with Crippen LogP contribution < -0.4 is 18.9 Å². The van der Waals surface area contributed by atoms with Gasteiger partial charge >= 0.3 is 0 Å². The molecule has 0 aromatic heterocycles. The first-order chi connectivity index (χ1) is 23.2. The number of rotatable bonds is 8. The van der Waals surface area contributed by atoms with Crippen LogP contribution in [-0.4, -0.2) is 31.1 Å². The molecular weight excluding hydrogens is 645 g/mol. The molecule has 2 N–H and O–H groups in total. The lowest BCUT2D eigenvalue weighted by Crippen LogP contribution is -2.14. The van der Waals surface area contributed by atoms with E-state index in [0.29, 0.717) is 35.7 Å².